The smallest absolute Gasteiger partial charge is 0.414 e. The molecular weight excluding hydrogens is 230 g/mol. The lowest BCUT2D eigenvalue weighted by Crippen LogP contribution is -2.34. The standard InChI is InChI=1S/C14H19NO3/c1-10-8-12(7-6-11(10)9-16)15(5)13(17)18-14(2,3)4/h6-9H,1-5H3. The number of anilines is 1. The number of amides is 1. The van der Waals surface area contributed by atoms with E-state index in [0.717, 1.165) is 11.8 Å². The van der Waals surface area contributed by atoms with Gasteiger partial charge in [0.25, 0.3) is 0 Å². The van der Waals surface area contributed by atoms with Gasteiger partial charge in [0.15, 0.2) is 0 Å². The Morgan fingerprint density at radius 3 is 2.39 bits per heavy atom. The van der Waals surface area contributed by atoms with Gasteiger partial charge in [0.2, 0.25) is 0 Å². The molecule has 1 aromatic carbocycles. The Kier molecular flexibility index (Phi) is 4.11. The molecule has 1 aromatic rings. The Morgan fingerprint density at radius 2 is 1.94 bits per heavy atom. The molecule has 4 heteroatoms. The second kappa shape index (κ2) is 5.21. The number of carbonyl (C=O) groups is 2. The SMILES string of the molecule is Cc1cc(N(C)C(=O)OC(C)(C)C)ccc1C=O. The minimum atomic E-state index is -0.525. The van der Waals surface area contributed by atoms with Crippen molar-refractivity contribution in [1.29, 1.82) is 0 Å². The second-order valence-corrected chi connectivity index (χ2v) is 5.20. The second-order valence-electron chi connectivity index (χ2n) is 5.20. The summed E-state index contributed by atoms with van der Waals surface area (Å²) < 4.78 is 5.27. The lowest BCUT2D eigenvalue weighted by molar-refractivity contribution is 0.0589. The molecule has 0 heterocycles. The highest BCUT2D eigenvalue weighted by Crippen LogP contribution is 2.19. The van der Waals surface area contributed by atoms with E-state index < -0.39 is 11.7 Å². The third-order valence-corrected chi connectivity index (χ3v) is 2.44. The van der Waals surface area contributed by atoms with E-state index >= 15 is 0 Å². The fourth-order valence-corrected chi connectivity index (χ4v) is 1.44. The van der Waals surface area contributed by atoms with Crippen LogP contribution in [-0.2, 0) is 4.74 Å². The van der Waals surface area contributed by atoms with Crippen molar-refractivity contribution in [3.05, 3.63) is 29.3 Å². The molecule has 98 valence electrons. The van der Waals surface area contributed by atoms with Crippen molar-refractivity contribution in [2.75, 3.05) is 11.9 Å². The lowest BCUT2D eigenvalue weighted by atomic mass is 10.1. The summed E-state index contributed by atoms with van der Waals surface area (Å²) in [6.45, 7) is 7.29. The highest BCUT2D eigenvalue weighted by Gasteiger charge is 2.20. The summed E-state index contributed by atoms with van der Waals surface area (Å²) >= 11 is 0. The zero-order valence-corrected chi connectivity index (χ0v) is 11.5. The first-order valence-corrected chi connectivity index (χ1v) is 5.77. The molecule has 0 unspecified atom stereocenters. The third-order valence-electron chi connectivity index (χ3n) is 2.44. The number of rotatable bonds is 2. The number of benzene rings is 1. The molecule has 0 aliphatic heterocycles. The summed E-state index contributed by atoms with van der Waals surface area (Å²) in [7, 11) is 1.64. The molecule has 18 heavy (non-hydrogen) atoms. The molecule has 0 radical (unpaired) electrons. The van der Waals surface area contributed by atoms with Crippen LogP contribution in [0.3, 0.4) is 0 Å². The Balaban J connectivity index is 2.90. The molecule has 0 fully saturated rings. The van der Waals surface area contributed by atoms with Crippen LogP contribution >= 0.6 is 0 Å². The largest absolute Gasteiger partial charge is 0.443 e. The van der Waals surface area contributed by atoms with Crippen LogP contribution in [0.15, 0.2) is 18.2 Å². The van der Waals surface area contributed by atoms with Gasteiger partial charge >= 0.3 is 6.09 Å². The van der Waals surface area contributed by atoms with E-state index in [9.17, 15) is 9.59 Å². The predicted octanol–water partition coefficient (Wildman–Crippen LogP) is 3.18. The number of hydrogen-bond donors (Lipinski definition) is 0. The Hall–Kier alpha value is -1.84. The van der Waals surface area contributed by atoms with Crippen LogP contribution in [0.1, 0.15) is 36.7 Å². The van der Waals surface area contributed by atoms with Gasteiger partial charge in [-0.15, -0.1) is 0 Å². The van der Waals surface area contributed by atoms with Gasteiger partial charge in [0, 0.05) is 18.3 Å². The van der Waals surface area contributed by atoms with Gasteiger partial charge in [0.1, 0.15) is 11.9 Å². The maximum atomic E-state index is 11.9. The first-order valence-electron chi connectivity index (χ1n) is 5.77. The molecule has 0 spiro atoms. The van der Waals surface area contributed by atoms with E-state index in [-0.39, 0.29) is 0 Å². The van der Waals surface area contributed by atoms with Gasteiger partial charge in [-0.3, -0.25) is 9.69 Å². The van der Waals surface area contributed by atoms with E-state index in [1.165, 1.54) is 4.90 Å². The van der Waals surface area contributed by atoms with Crippen LogP contribution in [0.2, 0.25) is 0 Å². The van der Waals surface area contributed by atoms with Crippen molar-refractivity contribution in [3.63, 3.8) is 0 Å². The summed E-state index contributed by atoms with van der Waals surface area (Å²) in [5.41, 5.74) is 1.63. The highest BCUT2D eigenvalue weighted by atomic mass is 16.6. The number of hydrogen-bond acceptors (Lipinski definition) is 3. The zero-order valence-electron chi connectivity index (χ0n) is 11.5. The average Bonchev–Trinajstić information content (AvgIpc) is 2.25. The molecular formula is C14H19NO3. The maximum absolute atomic E-state index is 11.9. The van der Waals surface area contributed by atoms with Crippen LogP contribution in [0, 0.1) is 6.92 Å². The van der Waals surface area contributed by atoms with Crippen molar-refractivity contribution in [3.8, 4) is 0 Å². The summed E-state index contributed by atoms with van der Waals surface area (Å²) in [6.07, 6.45) is 0.382. The van der Waals surface area contributed by atoms with Gasteiger partial charge in [-0.1, -0.05) is 0 Å². The van der Waals surface area contributed by atoms with Crippen LogP contribution in [0.5, 0.6) is 0 Å². The zero-order chi connectivity index (χ0) is 13.9. The van der Waals surface area contributed by atoms with Gasteiger partial charge < -0.3 is 4.74 Å². The highest BCUT2D eigenvalue weighted by molar-refractivity contribution is 5.88. The first-order chi connectivity index (χ1) is 8.24. The number of ether oxygens (including phenoxy) is 1. The Bertz CT molecular complexity index is 461. The number of carbonyl (C=O) groups excluding carboxylic acids is 2. The molecule has 0 aromatic heterocycles. The predicted molar refractivity (Wildman–Crippen MR) is 71.2 cm³/mol. The molecule has 1 rings (SSSR count). The molecule has 4 nitrogen and oxygen atoms in total. The summed E-state index contributed by atoms with van der Waals surface area (Å²) in [5.74, 6) is 0. The van der Waals surface area contributed by atoms with Gasteiger partial charge in [-0.05, 0) is 51.5 Å². The number of nitrogens with zero attached hydrogens (tertiary/aromatic N) is 1. The number of aldehydes is 1. The molecule has 0 saturated carbocycles. The van der Waals surface area contributed by atoms with E-state index in [0.29, 0.717) is 11.3 Å². The Morgan fingerprint density at radius 1 is 1.33 bits per heavy atom. The normalized spacial score (nSPS) is 10.9. The molecule has 0 bridgehead atoms. The molecule has 0 aliphatic rings. The molecule has 0 aliphatic carbocycles. The van der Waals surface area contributed by atoms with Crippen molar-refractivity contribution >= 4 is 18.1 Å². The summed E-state index contributed by atoms with van der Waals surface area (Å²) in [4.78, 5) is 24.0. The van der Waals surface area contributed by atoms with Crippen LogP contribution in [0.25, 0.3) is 0 Å². The van der Waals surface area contributed by atoms with Crippen molar-refractivity contribution in [1.82, 2.24) is 0 Å². The summed E-state index contributed by atoms with van der Waals surface area (Å²) in [6, 6.07) is 5.20. The maximum Gasteiger partial charge on any atom is 0.414 e. The Labute approximate surface area is 108 Å². The molecule has 0 N–H and O–H groups in total. The van der Waals surface area contributed by atoms with Crippen LogP contribution in [0.4, 0.5) is 10.5 Å². The third kappa shape index (κ3) is 3.58. The number of aryl methyl sites for hydroxylation is 1. The van der Waals surface area contributed by atoms with Crippen molar-refractivity contribution in [2.24, 2.45) is 0 Å². The van der Waals surface area contributed by atoms with Gasteiger partial charge in [-0.2, -0.15) is 0 Å². The minimum absolute atomic E-state index is 0.416. The monoisotopic (exact) mass is 249 g/mol. The minimum Gasteiger partial charge on any atom is -0.443 e. The molecule has 0 saturated heterocycles. The quantitative estimate of drug-likeness (QED) is 0.756. The van der Waals surface area contributed by atoms with Crippen molar-refractivity contribution < 1.29 is 14.3 Å². The van der Waals surface area contributed by atoms with Gasteiger partial charge in [0.05, 0.1) is 0 Å². The first kappa shape index (κ1) is 14.2. The molecule has 0 atom stereocenters. The average molecular weight is 249 g/mol. The van der Waals surface area contributed by atoms with E-state index in [2.05, 4.69) is 0 Å². The summed E-state index contributed by atoms with van der Waals surface area (Å²) in [5, 5.41) is 0. The lowest BCUT2D eigenvalue weighted by Gasteiger charge is -2.25. The van der Waals surface area contributed by atoms with E-state index in [1.807, 2.05) is 27.7 Å². The van der Waals surface area contributed by atoms with Crippen molar-refractivity contribution in [2.45, 2.75) is 33.3 Å². The van der Waals surface area contributed by atoms with E-state index in [4.69, 9.17) is 4.74 Å². The fraction of sp³-hybridized carbons (Fsp3) is 0.429. The topological polar surface area (TPSA) is 46.6 Å². The molecule has 1 amide bonds. The van der Waals surface area contributed by atoms with Crippen LogP contribution < -0.4 is 4.90 Å². The van der Waals surface area contributed by atoms with Gasteiger partial charge in [-0.25, -0.2) is 4.79 Å². The van der Waals surface area contributed by atoms with Crippen LogP contribution in [-0.4, -0.2) is 25.0 Å². The van der Waals surface area contributed by atoms with E-state index in [1.54, 1.807) is 25.2 Å². The fourth-order valence-electron chi connectivity index (χ4n) is 1.44.